The summed E-state index contributed by atoms with van der Waals surface area (Å²) in [6.45, 7) is 5.50. The molecule has 35 heavy (non-hydrogen) atoms. The molecule has 0 amide bonds. The van der Waals surface area contributed by atoms with Gasteiger partial charge in [0.15, 0.2) is 15.4 Å². The summed E-state index contributed by atoms with van der Waals surface area (Å²) in [5.41, 5.74) is 4.46. The maximum absolute atomic E-state index is 13.0. The molecule has 5 aromatic rings. The highest BCUT2D eigenvalue weighted by atomic mass is 32.2. The molecule has 9 nitrogen and oxygen atoms in total. The molecule has 3 aromatic heterocycles. The van der Waals surface area contributed by atoms with Crippen LogP contribution in [0.25, 0.3) is 33.1 Å². The number of benzene rings is 2. The maximum atomic E-state index is 13.0. The lowest BCUT2D eigenvalue weighted by atomic mass is 10.00. The van der Waals surface area contributed by atoms with Gasteiger partial charge in [-0.1, -0.05) is 17.3 Å². The predicted molar refractivity (Wildman–Crippen MR) is 131 cm³/mol. The van der Waals surface area contributed by atoms with Crippen molar-refractivity contribution >= 4 is 31.8 Å². The Morgan fingerprint density at radius 1 is 1.14 bits per heavy atom. The summed E-state index contributed by atoms with van der Waals surface area (Å²) in [7, 11) is -1.84. The van der Waals surface area contributed by atoms with Crippen molar-refractivity contribution in [1.82, 2.24) is 14.7 Å². The molecule has 0 fully saturated rings. The first-order valence-electron chi connectivity index (χ1n) is 10.8. The molecule has 0 spiro atoms. The Morgan fingerprint density at radius 3 is 2.57 bits per heavy atom. The fraction of sp³-hybridized carbons (Fsp3) is 0.240. The number of hydrogen-bond donors (Lipinski definition) is 0. The molecule has 3 heterocycles. The fourth-order valence-corrected chi connectivity index (χ4v) is 5.16. The number of hydrogen-bond acceptors (Lipinski definition) is 8. The third-order valence-corrected chi connectivity index (χ3v) is 7.33. The van der Waals surface area contributed by atoms with Crippen molar-refractivity contribution in [2.75, 3.05) is 13.4 Å². The van der Waals surface area contributed by atoms with E-state index in [2.05, 4.69) is 10.1 Å². The standard InChI is InChI=1S/C25H23N3O6S/c1-13-23(15(3)34-27-13)19-10-20-18(11-21(19)32-4)24-22(12-26-20)33-25(29)28(24)14(2)16-7-6-8-17(9-16)35(5,30)31/h6-12,14H,1-5H3. The van der Waals surface area contributed by atoms with Crippen LogP contribution in [-0.4, -0.2) is 36.5 Å². The molecule has 0 aliphatic heterocycles. The number of methoxy groups -OCH3 is 1. The monoisotopic (exact) mass is 493 g/mol. The average molecular weight is 494 g/mol. The van der Waals surface area contributed by atoms with Gasteiger partial charge in [0.1, 0.15) is 17.0 Å². The number of fused-ring (bicyclic) bond motifs is 3. The number of aromatic nitrogens is 3. The van der Waals surface area contributed by atoms with Crippen LogP contribution in [0.2, 0.25) is 0 Å². The highest BCUT2D eigenvalue weighted by Crippen LogP contribution is 2.39. The first-order chi connectivity index (χ1) is 16.6. The Balaban J connectivity index is 1.78. The minimum atomic E-state index is -3.41. The fourth-order valence-electron chi connectivity index (χ4n) is 4.48. The van der Waals surface area contributed by atoms with E-state index in [9.17, 15) is 13.2 Å². The highest BCUT2D eigenvalue weighted by molar-refractivity contribution is 7.90. The van der Waals surface area contributed by atoms with Crippen LogP contribution in [0.1, 0.15) is 30.0 Å². The van der Waals surface area contributed by atoms with Gasteiger partial charge in [0.25, 0.3) is 0 Å². The van der Waals surface area contributed by atoms with E-state index in [1.807, 2.05) is 32.9 Å². The van der Waals surface area contributed by atoms with E-state index in [1.165, 1.54) is 16.8 Å². The van der Waals surface area contributed by atoms with Crippen LogP contribution in [-0.2, 0) is 9.84 Å². The lowest BCUT2D eigenvalue weighted by Gasteiger charge is -2.16. The third-order valence-electron chi connectivity index (χ3n) is 6.22. The second kappa shape index (κ2) is 8.09. The van der Waals surface area contributed by atoms with E-state index < -0.39 is 21.6 Å². The number of aryl methyl sites for hydroxylation is 2. The van der Waals surface area contributed by atoms with Crippen LogP contribution in [0, 0.1) is 13.8 Å². The third kappa shape index (κ3) is 3.70. The molecule has 180 valence electrons. The van der Waals surface area contributed by atoms with Gasteiger partial charge in [0.2, 0.25) is 0 Å². The molecule has 0 saturated heterocycles. The molecule has 10 heteroatoms. The minimum absolute atomic E-state index is 0.181. The SMILES string of the molecule is COc1cc2c(cc1-c1c(C)noc1C)ncc1oc(=O)n(C(C)c3cccc(S(C)(=O)=O)c3)c12. The Kier molecular flexibility index (Phi) is 5.28. The lowest BCUT2D eigenvalue weighted by molar-refractivity contribution is 0.393. The number of pyridine rings is 1. The van der Waals surface area contributed by atoms with Gasteiger partial charge in [0, 0.05) is 17.2 Å². The van der Waals surface area contributed by atoms with E-state index >= 15 is 0 Å². The number of oxazole rings is 1. The van der Waals surface area contributed by atoms with Crippen LogP contribution in [0.5, 0.6) is 5.75 Å². The quantitative estimate of drug-likeness (QED) is 0.353. The van der Waals surface area contributed by atoms with Crippen molar-refractivity contribution in [3.8, 4) is 16.9 Å². The summed E-state index contributed by atoms with van der Waals surface area (Å²) in [5, 5.41) is 4.70. The first kappa shape index (κ1) is 22.9. The molecule has 0 aliphatic rings. The highest BCUT2D eigenvalue weighted by Gasteiger charge is 2.23. The zero-order valence-corrected chi connectivity index (χ0v) is 20.6. The Labute approximate surface area is 200 Å². The summed E-state index contributed by atoms with van der Waals surface area (Å²) < 4.78 is 42.2. The molecular weight excluding hydrogens is 470 g/mol. The van der Waals surface area contributed by atoms with E-state index in [4.69, 9.17) is 13.7 Å². The molecule has 5 rings (SSSR count). The van der Waals surface area contributed by atoms with E-state index in [-0.39, 0.29) is 4.90 Å². The average Bonchev–Trinajstić information content (AvgIpc) is 3.34. The van der Waals surface area contributed by atoms with Crippen LogP contribution in [0.4, 0.5) is 0 Å². The van der Waals surface area contributed by atoms with Gasteiger partial charge in [0.05, 0.1) is 41.0 Å². The van der Waals surface area contributed by atoms with Crippen molar-refractivity contribution in [3.05, 3.63) is 70.2 Å². The molecule has 1 atom stereocenters. The molecule has 2 aromatic carbocycles. The van der Waals surface area contributed by atoms with Gasteiger partial charge in [-0.05, 0) is 50.6 Å². The maximum Gasteiger partial charge on any atom is 0.420 e. The largest absolute Gasteiger partial charge is 0.496 e. The lowest BCUT2D eigenvalue weighted by Crippen LogP contribution is -2.19. The number of nitrogens with zero attached hydrogens (tertiary/aromatic N) is 3. The molecule has 0 radical (unpaired) electrons. The van der Waals surface area contributed by atoms with Crippen LogP contribution >= 0.6 is 0 Å². The first-order valence-corrected chi connectivity index (χ1v) is 12.7. The molecular formula is C25H23N3O6S. The van der Waals surface area contributed by atoms with Crippen LogP contribution < -0.4 is 10.5 Å². The van der Waals surface area contributed by atoms with Gasteiger partial charge < -0.3 is 13.7 Å². The molecule has 1 unspecified atom stereocenters. The van der Waals surface area contributed by atoms with Crippen LogP contribution in [0.3, 0.4) is 0 Å². The van der Waals surface area contributed by atoms with Gasteiger partial charge >= 0.3 is 5.76 Å². The van der Waals surface area contributed by atoms with Crippen LogP contribution in [0.15, 0.2) is 61.2 Å². The summed E-state index contributed by atoms with van der Waals surface area (Å²) >= 11 is 0. The molecule has 0 N–H and O–H groups in total. The number of rotatable bonds is 5. The second-order valence-corrected chi connectivity index (χ2v) is 10.5. The van der Waals surface area contributed by atoms with Crippen molar-refractivity contribution in [1.29, 1.82) is 0 Å². The number of sulfone groups is 1. The normalized spacial score (nSPS) is 12.9. The van der Waals surface area contributed by atoms with Gasteiger partial charge in [-0.25, -0.2) is 13.2 Å². The van der Waals surface area contributed by atoms with E-state index in [1.54, 1.807) is 25.3 Å². The van der Waals surface area contributed by atoms with Gasteiger partial charge in [-0.2, -0.15) is 0 Å². The topological polar surface area (TPSA) is 117 Å². The van der Waals surface area contributed by atoms with E-state index in [0.29, 0.717) is 39.1 Å². The Hall–Kier alpha value is -3.92. The predicted octanol–water partition coefficient (Wildman–Crippen LogP) is 4.44. The summed E-state index contributed by atoms with van der Waals surface area (Å²) in [6.07, 6.45) is 2.66. The van der Waals surface area contributed by atoms with Crippen molar-refractivity contribution in [2.24, 2.45) is 0 Å². The van der Waals surface area contributed by atoms with E-state index in [0.717, 1.165) is 23.1 Å². The molecule has 0 bridgehead atoms. The molecule has 0 aliphatic carbocycles. The van der Waals surface area contributed by atoms with Crippen molar-refractivity contribution < 1.29 is 22.1 Å². The zero-order valence-electron chi connectivity index (χ0n) is 19.8. The summed E-state index contributed by atoms with van der Waals surface area (Å²) in [4.78, 5) is 17.7. The molecule has 0 saturated carbocycles. The number of ether oxygens (including phenoxy) is 1. The summed E-state index contributed by atoms with van der Waals surface area (Å²) in [6, 6.07) is 9.73. The van der Waals surface area contributed by atoms with Crippen molar-refractivity contribution in [2.45, 2.75) is 31.7 Å². The smallest absolute Gasteiger partial charge is 0.420 e. The Morgan fingerprint density at radius 2 is 1.91 bits per heavy atom. The Bertz CT molecular complexity index is 1760. The van der Waals surface area contributed by atoms with Gasteiger partial charge in [-0.3, -0.25) is 9.55 Å². The summed E-state index contributed by atoms with van der Waals surface area (Å²) in [5.74, 6) is 0.647. The van der Waals surface area contributed by atoms with Gasteiger partial charge in [-0.15, -0.1) is 0 Å². The minimum Gasteiger partial charge on any atom is -0.496 e. The van der Waals surface area contributed by atoms with Crippen molar-refractivity contribution in [3.63, 3.8) is 0 Å². The zero-order chi connectivity index (χ0) is 25.1. The second-order valence-electron chi connectivity index (χ2n) is 8.50.